The van der Waals surface area contributed by atoms with Crippen molar-refractivity contribution in [3.63, 3.8) is 0 Å². The van der Waals surface area contributed by atoms with E-state index in [2.05, 4.69) is 19.2 Å². The Labute approximate surface area is 135 Å². The number of amides is 2. The van der Waals surface area contributed by atoms with E-state index in [1.165, 1.54) is 0 Å². The molecule has 2 amide bonds. The Hall–Kier alpha value is -0.780. The van der Waals surface area contributed by atoms with Crippen LogP contribution >= 0.6 is 0 Å². The normalized spacial score (nSPS) is 27.2. The summed E-state index contributed by atoms with van der Waals surface area (Å²) in [5.74, 6) is 1.34. The van der Waals surface area contributed by atoms with Gasteiger partial charge in [-0.05, 0) is 44.9 Å². The van der Waals surface area contributed by atoms with Crippen LogP contribution in [0.1, 0.15) is 53.9 Å². The summed E-state index contributed by atoms with van der Waals surface area (Å²) in [4.78, 5) is 14.1. The minimum absolute atomic E-state index is 0.0298. The van der Waals surface area contributed by atoms with Crippen molar-refractivity contribution in [1.29, 1.82) is 0 Å². The fourth-order valence-corrected chi connectivity index (χ4v) is 4.50. The average molecular weight is 333 g/mol. The van der Waals surface area contributed by atoms with Crippen LogP contribution in [0.15, 0.2) is 0 Å². The van der Waals surface area contributed by atoms with E-state index in [0.29, 0.717) is 12.5 Å². The Morgan fingerprint density at radius 1 is 1.27 bits per heavy atom. The first-order chi connectivity index (χ1) is 10.2. The number of hydrogen-bond donors (Lipinski definition) is 1. The highest BCUT2D eigenvalue weighted by Crippen LogP contribution is 2.28. The van der Waals surface area contributed by atoms with Gasteiger partial charge in [0, 0.05) is 24.4 Å². The summed E-state index contributed by atoms with van der Waals surface area (Å²) >= 11 is 0. The van der Waals surface area contributed by atoms with Crippen LogP contribution in [0.25, 0.3) is 0 Å². The molecule has 0 aromatic rings. The average Bonchev–Trinajstić information content (AvgIpc) is 2.42. The smallest absolute Gasteiger partial charge is 0.317 e. The van der Waals surface area contributed by atoms with Crippen molar-refractivity contribution >= 4 is 15.9 Å². The van der Waals surface area contributed by atoms with Gasteiger partial charge in [-0.3, -0.25) is 0 Å². The van der Waals surface area contributed by atoms with Crippen LogP contribution in [-0.4, -0.2) is 49.5 Å². The van der Waals surface area contributed by atoms with Gasteiger partial charge in [-0.1, -0.05) is 20.8 Å². The number of hydrogen-bond acceptors (Lipinski definition) is 3. The summed E-state index contributed by atoms with van der Waals surface area (Å²) in [6, 6.07) is -0.229. The molecule has 1 aliphatic rings. The number of sulfone groups is 1. The van der Waals surface area contributed by atoms with Crippen molar-refractivity contribution in [1.82, 2.24) is 10.2 Å². The van der Waals surface area contributed by atoms with Crippen LogP contribution in [0.5, 0.6) is 0 Å². The second-order valence-corrected chi connectivity index (χ2v) is 9.18. The van der Waals surface area contributed by atoms with E-state index >= 15 is 0 Å². The van der Waals surface area contributed by atoms with E-state index in [0.717, 1.165) is 25.2 Å². The number of rotatable bonds is 6. The molecule has 1 N–H and O–H groups in total. The zero-order chi connectivity index (χ0) is 16.9. The van der Waals surface area contributed by atoms with E-state index < -0.39 is 9.84 Å². The van der Waals surface area contributed by atoms with Crippen molar-refractivity contribution in [3.8, 4) is 0 Å². The molecular formula is C16H32N2O3S. The van der Waals surface area contributed by atoms with Gasteiger partial charge < -0.3 is 10.2 Å². The molecule has 0 unspecified atom stereocenters. The van der Waals surface area contributed by atoms with Gasteiger partial charge >= 0.3 is 6.03 Å². The first-order valence-corrected chi connectivity index (χ1v) is 10.3. The molecular weight excluding hydrogens is 300 g/mol. The predicted octanol–water partition coefficient (Wildman–Crippen LogP) is 2.67. The highest BCUT2D eigenvalue weighted by molar-refractivity contribution is 7.91. The molecule has 130 valence electrons. The van der Waals surface area contributed by atoms with Crippen molar-refractivity contribution in [2.24, 2.45) is 11.8 Å². The fraction of sp³-hybridized carbons (Fsp3) is 0.938. The van der Waals surface area contributed by atoms with Gasteiger partial charge in [-0.15, -0.1) is 0 Å². The first-order valence-electron chi connectivity index (χ1n) is 8.47. The van der Waals surface area contributed by atoms with Crippen molar-refractivity contribution in [3.05, 3.63) is 0 Å². The lowest BCUT2D eigenvalue weighted by Crippen LogP contribution is -2.52. The third kappa shape index (κ3) is 5.45. The number of nitrogens with zero attached hydrogens (tertiary/aromatic N) is 1. The molecule has 5 nitrogen and oxygen atoms in total. The van der Waals surface area contributed by atoms with Gasteiger partial charge in [-0.2, -0.15) is 0 Å². The van der Waals surface area contributed by atoms with Crippen molar-refractivity contribution < 1.29 is 13.2 Å². The largest absolute Gasteiger partial charge is 0.335 e. The zero-order valence-corrected chi connectivity index (χ0v) is 15.4. The van der Waals surface area contributed by atoms with Gasteiger partial charge in [-0.25, -0.2) is 13.2 Å². The van der Waals surface area contributed by atoms with Crippen LogP contribution in [0.2, 0.25) is 0 Å². The molecule has 1 aliphatic carbocycles. The minimum atomic E-state index is -3.08. The zero-order valence-electron chi connectivity index (χ0n) is 14.6. The molecule has 22 heavy (non-hydrogen) atoms. The van der Waals surface area contributed by atoms with E-state index in [4.69, 9.17) is 0 Å². The van der Waals surface area contributed by atoms with Gasteiger partial charge in [0.1, 0.15) is 0 Å². The summed E-state index contributed by atoms with van der Waals surface area (Å²) in [6.07, 6.45) is 3.28. The molecule has 0 heterocycles. The molecule has 0 saturated heterocycles. The monoisotopic (exact) mass is 332 g/mol. The number of carbonyl (C=O) groups is 1. The molecule has 0 aromatic carbocycles. The van der Waals surface area contributed by atoms with E-state index in [1.54, 1.807) is 11.8 Å². The summed E-state index contributed by atoms with van der Waals surface area (Å²) in [7, 11) is -3.08. The highest BCUT2D eigenvalue weighted by atomic mass is 32.2. The van der Waals surface area contributed by atoms with Crippen LogP contribution in [-0.2, 0) is 9.84 Å². The standard InChI is InChI=1S/C16H32N2O3S/c1-6-18(14(5)11-22(20,21)7-2)16(19)17-15-9-8-12(3)10-13(15)4/h12-15H,6-11H2,1-5H3,(H,17,19)/t12-,13-,14+,15+/m0/s1. The fourth-order valence-electron chi connectivity index (χ4n) is 3.35. The van der Waals surface area contributed by atoms with Crippen LogP contribution < -0.4 is 5.32 Å². The number of urea groups is 1. The third-order valence-electron chi connectivity index (χ3n) is 4.81. The molecule has 0 aliphatic heterocycles. The van der Waals surface area contributed by atoms with Gasteiger partial charge in [0.15, 0.2) is 9.84 Å². The Balaban J connectivity index is 2.64. The predicted molar refractivity (Wildman–Crippen MR) is 90.7 cm³/mol. The topological polar surface area (TPSA) is 66.5 Å². The molecule has 0 aromatic heterocycles. The molecule has 0 bridgehead atoms. The maximum atomic E-state index is 12.5. The number of carbonyl (C=O) groups excluding carboxylic acids is 1. The van der Waals surface area contributed by atoms with Crippen LogP contribution in [0.3, 0.4) is 0 Å². The van der Waals surface area contributed by atoms with Gasteiger partial charge in [0.25, 0.3) is 0 Å². The molecule has 6 heteroatoms. The maximum absolute atomic E-state index is 12.5. The Morgan fingerprint density at radius 2 is 1.91 bits per heavy atom. The molecule has 0 radical (unpaired) electrons. The minimum Gasteiger partial charge on any atom is -0.335 e. The highest BCUT2D eigenvalue weighted by Gasteiger charge is 2.29. The van der Waals surface area contributed by atoms with Crippen molar-refractivity contribution in [2.45, 2.75) is 66.0 Å². The molecule has 0 spiro atoms. The third-order valence-corrected chi connectivity index (χ3v) is 6.68. The van der Waals surface area contributed by atoms with E-state index in [1.807, 2.05) is 13.8 Å². The van der Waals surface area contributed by atoms with Gasteiger partial charge in [0.2, 0.25) is 0 Å². The second kappa shape index (κ2) is 8.18. The van der Waals surface area contributed by atoms with E-state index in [-0.39, 0.29) is 29.6 Å². The Kier molecular flexibility index (Phi) is 7.16. The van der Waals surface area contributed by atoms with Crippen LogP contribution in [0, 0.1) is 11.8 Å². The lowest BCUT2D eigenvalue weighted by Gasteiger charge is -2.36. The molecule has 1 fully saturated rings. The summed E-state index contributed by atoms with van der Waals surface area (Å²) in [5, 5.41) is 3.12. The Bertz CT molecular complexity index is 464. The van der Waals surface area contributed by atoms with E-state index in [9.17, 15) is 13.2 Å². The molecule has 1 rings (SSSR count). The van der Waals surface area contributed by atoms with Crippen molar-refractivity contribution in [2.75, 3.05) is 18.1 Å². The number of nitrogens with one attached hydrogen (secondary N) is 1. The SMILES string of the molecule is CCN(C(=O)N[C@@H]1CC[C@H](C)C[C@@H]1C)[C@H](C)CS(=O)(=O)CC. The molecule has 4 atom stereocenters. The van der Waals surface area contributed by atoms with Gasteiger partial charge in [0.05, 0.1) is 5.75 Å². The summed E-state index contributed by atoms with van der Waals surface area (Å²) in [6.45, 7) is 10.3. The maximum Gasteiger partial charge on any atom is 0.317 e. The lowest BCUT2D eigenvalue weighted by atomic mass is 9.80. The summed E-state index contributed by atoms with van der Waals surface area (Å²) in [5.41, 5.74) is 0. The lowest BCUT2D eigenvalue weighted by molar-refractivity contribution is 0.166. The van der Waals surface area contributed by atoms with Crippen LogP contribution in [0.4, 0.5) is 4.79 Å². The second-order valence-electron chi connectivity index (χ2n) is 6.79. The first kappa shape index (κ1) is 19.3. The Morgan fingerprint density at radius 3 is 2.41 bits per heavy atom. The quantitative estimate of drug-likeness (QED) is 0.813. The summed E-state index contributed by atoms with van der Waals surface area (Å²) < 4.78 is 23.5. The molecule has 1 saturated carbocycles.